The Morgan fingerprint density at radius 3 is 2.35 bits per heavy atom. The number of benzene rings is 1. The van der Waals surface area contributed by atoms with Crippen LogP contribution in [0.25, 0.3) is 0 Å². The Morgan fingerprint density at radius 1 is 1.19 bits per heavy atom. The number of hydrogen-bond acceptors (Lipinski definition) is 6. The molecule has 0 unspecified atom stereocenters. The molecule has 0 aliphatic carbocycles. The van der Waals surface area contributed by atoms with Gasteiger partial charge in [0.1, 0.15) is 6.54 Å². The van der Waals surface area contributed by atoms with Crippen molar-refractivity contribution in [3.63, 3.8) is 0 Å². The van der Waals surface area contributed by atoms with E-state index in [4.69, 9.17) is 4.74 Å². The summed E-state index contributed by atoms with van der Waals surface area (Å²) in [6.07, 6.45) is 0. The SMILES string of the molecule is CC(C)N(C(=O)COC(=O)CNC(=O)c1cccc([N+](=O)[O-])c1)C(C)C. The summed E-state index contributed by atoms with van der Waals surface area (Å²) in [6, 6.07) is 5.06. The van der Waals surface area contributed by atoms with Crippen LogP contribution < -0.4 is 5.32 Å². The van der Waals surface area contributed by atoms with Gasteiger partial charge in [0.15, 0.2) is 6.61 Å². The van der Waals surface area contributed by atoms with Crippen molar-refractivity contribution in [2.75, 3.05) is 13.2 Å². The number of amides is 2. The van der Waals surface area contributed by atoms with Crippen LogP contribution in [0.5, 0.6) is 0 Å². The molecular formula is C17H23N3O6. The summed E-state index contributed by atoms with van der Waals surface area (Å²) in [5, 5.41) is 13.0. The highest BCUT2D eigenvalue weighted by Gasteiger charge is 2.21. The molecule has 0 atom stereocenters. The van der Waals surface area contributed by atoms with Crippen LogP contribution in [0.15, 0.2) is 24.3 Å². The van der Waals surface area contributed by atoms with Crippen molar-refractivity contribution in [2.24, 2.45) is 0 Å². The largest absolute Gasteiger partial charge is 0.454 e. The van der Waals surface area contributed by atoms with Gasteiger partial charge >= 0.3 is 5.97 Å². The van der Waals surface area contributed by atoms with E-state index in [1.807, 2.05) is 27.7 Å². The van der Waals surface area contributed by atoms with Gasteiger partial charge in [0.05, 0.1) is 4.92 Å². The lowest BCUT2D eigenvalue weighted by Gasteiger charge is -2.30. The van der Waals surface area contributed by atoms with Gasteiger partial charge in [-0.15, -0.1) is 0 Å². The molecule has 26 heavy (non-hydrogen) atoms. The second-order valence-electron chi connectivity index (χ2n) is 6.14. The van der Waals surface area contributed by atoms with E-state index < -0.39 is 30.0 Å². The third-order valence-electron chi connectivity index (χ3n) is 3.47. The average molecular weight is 365 g/mol. The zero-order chi connectivity index (χ0) is 19.9. The predicted molar refractivity (Wildman–Crippen MR) is 93.5 cm³/mol. The van der Waals surface area contributed by atoms with Crippen LogP contribution in [0.3, 0.4) is 0 Å². The maximum Gasteiger partial charge on any atom is 0.325 e. The molecule has 0 aliphatic heterocycles. The maximum atomic E-state index is 12.1. The number of carbonyl (C=O) groups excluding carboxylic acids is 3. The number of rotatable bonds is 8. The lowest BCUT2D eigenvalue weighted by atomic mass is 10.2. The quantitative estimate of drug-likeness (QED) is 0.424. The molecule has 142 valence electrons. The van der Waals surface area contributed by atoms with E-state index >= 15 is 0 Å². The molecule has 0 saturated carbocycles. The minimum Gasteiger partial charge on any atom is -0.454 e. The van der Waals surface area contributed by atoms with Crippen LogP contribution in [0.4, 0.5) is 5.69 Å². The Hall–Kier alpha value is -2.97. The highest BCUT2D eigenvalue weighted by molar-refractivity contribution is 5.96. The van der Waals surface area contributed by atoms with Gasteiger partial charge in [-0.25, -0.2) is 0 Å². The second-order valence-corrected chi connectivity index (χ2v) is 6.14. The molecule has 0 bridgehead atoms. The molecule has 1 N–H and O–H groups in total. The van der Waals surface area contributed by atoms with Crippen molar-refractivity contribution < 1.29 is 24.0 Å². The summed E-state index contributed by atoms with van der Waals surface area (Å²) >= 11 is 0. The van der Waals surface area contributed by atoms with Gasteiger partial charge in [0.25, 0.3) is 17.5 Å². The van der Waals surface area contributed by atoms with Gasteiger partial charge in [-0.1, -0.05) is 6.07 Å². The lowest BCUT2D eigenvalue weighted by Crippen LogP contribution is -2.44. The monoisotopic (exact) mass is 365 g/mol. The Labute approximate surface area is 151 Å². The first-order valence-electron chi connectivity index (χ1n) is 8.13. The summed E-state index contributed by atoms with van der Waals surface area (Å²) < 4.78 is 4.88. The molecule has 0 radical (unpaired) electrons. The summed E-state index contributed by atoms with van der Waals surface area (Å²) in [7, 11) is 0. The smallest absolute Gasteiger partial charge is 0.325 e. The zero-order valence-electron chi connectivity index (χ0n) is 15.2. The van der Waals surface area contributed by atoms with Gasteiger partial charge in [-0.2, -0.15) is 0 Å². The van der Waals surface area contributed by atoms with Gasteiger partial charge in [0, 0.05) is 29.8 Å². The van der Waals surface area contributed by atoms with Gasteiger partial charge in [-0.3, -0.25) is 24.5 Å². The number of ether oxygens (including phenoxy) is 1. The van der Waals surface area contributed by atoms with E-state index in [9.17, 15) is 24.5 Å². The number of esters is 1. The molecule has 2 amide bonds. The summed E-state index contributed by atoms with van der Waals surface area (Å²) in [6.45, 7) is 6.58. The van der Waals surface area contributed by atoms with Crippen LogP contribution in [-0.2, 0) is 14.3 Å². The predicted octanol–water partition coefficient (Wildman–Crippen LogP) is 1.51. The first kappa shape index (κ1) is 21.1. The van der Waals surface area contributed by atoms with Crippen LogP contribution >= 0.6 is 0 Å². The van der Waals surface area contributed by atoms with Crippen molar-refractivity contribution in [1.29, 1.82) is 0 Å². The lowest BCUT2D eigenvalue weighted by molar-refractivity contribution is -0.384. The van der Waals surface area contributed by atoms with Crippen molar-refractivity contribution in [2.45, 2.75) is 39.8 Å². The number of nitrogens with one attached hydrogen (secondary N) is 1. The van der Waals surface area contributed by atoms with Crippen LogP contribution in [0.2, 0.25) is 0 Å². The van der Waals surface area contributed by atoms with Crippen molar-refractivity contribution in [3.8, 4) is 0 Å². The van der Waals surface area contributed by atoms with Crippen molar-refractivity contribution in [1.82, 2.24) is 10.2 Å². The number of carbonyl (C=O) groups is 3. The normalized spacial score (nSPS) is 10.5. The first-order valence-corrected chi connectivity index (χ1v) is 8.13. The number of nitro groups is 1. The van der Waals surface area contributed by atoms with Gasteiger partial charge in [0.2, 0.25) is 0 Å². The molecule has 0 heterocycles. The molecule has 1 aromatic rings. The Balaban J connectivity index is 2.51. The van der Waals surface area contributed by atoms with Crippen LogP contribution in [0.1, 0.15) is 38.1 Å². The number of hydrogen-bond donors (Lipinski definition) is 1. The number of nitro benzene ring substituents is 1. The highest BCUT2D eigenvalue weighted by Crippen LogP contribution is 2.12. The second kappa shape index (κ2) is 9.50. The fourth-order valence-corrected chi connectivity index (χ4v) is 2.46. The van der Waals surface area contributed by atoms with E-state index in [0.717, 1.165) is 6.07 Å². The molecule has 1 aromatic carbocycles. The molecule has 1 rings (SSSR count). The van der Waals surface area contributed by atoms with Crippen molar-refractivity contribution in [3.05, 3.63) is 39.9 Å². The summed E-state index contributed by atoms with van der Waals surface area (Å²) in [5.41, 5.74) is -0.179. The molecule has 0 aromatic heterocycles. The molecule has 9 nitrogen and oxygen atoms in total. The van der Waals surface area contributed by atoms with Crippen molar-refractivity contribution >= 4 is 23.5 Å². The molecule has 0 aliphatic rings. The molecule has 0 saturated heterocycles. The van der Waals surface area contributed by atoms with Gasteiger partial charge in [-0.05, 0) is 33.8 Å². The fraction of sp³-hybridized carbons (Fsp3) is 0.471. The fourth-order valence-electron chi connectivity index (χ4n) is 2.46. The Bertz CT molecular complexity index is 679. The minimum atomic E-state index is -0.774. The highest BCUT2D eigenvalue weighted by atomic mass is 16.6. The Kier molecular flexibility index (Phi) is 7.70. The van der Waals surface area contributed by atoms with Crippen LogP contribution in [0, 0.1) is 10.1 Å². The maximum absolute atomic E-state index is 12.1. The minimum absolute atomic E-state index is 0.0326. The topological polar surface area (TPSA) is 119 Å². The zero-order valence-corrected chi connectivity index (χ0v) is 15.2. The third-order valence-corrected chi connectivity index (χ3v) is 3.47. The average Bonchev–Trinajstić information content (AvgIpc) is 2.57. The van der Waals surface area contributed by atoms with E-state index in [1.165, 1.54) is 18.2 Å². The molecule has 0 fully saturated rings. The summed E-state index contributed by atoms with van der Waals surface area (Å²) in [4.78, 5) is 47.4. The standard InChI is InChI=1S/C17H23N3O6/c1-11(2)19(12(3)4)15(21)10-26-16(22)9-18-17(23)13-6-5-7-14(8-13)20(24)25/h5-8,11-12H,9-10H2,1-4H3,(H,18,23). The number of non-ortho nitro benzene ring substituents is 1. The van der Waals surface area contributed by atoms with E-state index in [2.05, 4.69) is 5.32 Å². The summed E-state index contributed by atoms with van der Waals surface area (Å²) in [5.74, 6) is -1.75. The first-order chi connectivity index (χ1) is 12.1. The van der Waals surface area contributed by atoms with Crippen LogP contribution in [-0.4, -0.2) is 52.8 Å². The Morgan fingerprint density at radius 2 is 1.81 bits per heavy atom. The van der Waals surface area contributed by atoms with E-state index in [0.29, 0.717) is 0 Å². The third kappa shape index (κ3) is 6.15. The molecule has 0 spiro atoms. The number of nitrogens with zero attached hydrogens (tertiary/aromatic N) is 2. The van der Waals surface area contributed by atoms with E-state index in [1.54, 1.807) is 4.90 Å². The van der Waals surface area contributed by atoms with Gasteiger partial charge < -0.3 is 15.0 Å². The van der Waals surface area contributed by atoms with E-state index in [-0.39, 0.29) is 29.2 Å². The molecule has 9 heteroatoms. The molecular weight excluding hydrogens is 342 g/mol.